The fourth-order valence-electron chi connectivity index (χ4n) is 2.66. The number of aromatic nitrogens is 1. The number of aliphatic hydroxyl groups excluding tert-OH is 1. The molecule has 0 fully saturated rings. The highest BCUT2D eigenvalue weighted by Gasteiger charge is 2.16. The Hall–Kier alpha value is -2.59. The largest absolute Gasteiger partial charge is 0.508 e. The Morgan fingerprint density at radius 3 is 2.36 bits per heavy atom. The molecule has 0 spiro atoms. The Morgan fingerprint density at radius 2 is 1.73 bits per heavy atom. The molecule has 112 valence electrons. The van der Waals surface area contributed by atoms with E-state index < -0.39 is 6.10 Å². The van der Waals surface area contributed by atoms with E-state index in [1.54, 1.807) is 12.1 Å². The van der Waals surface area contributed by atoms with Gasteiger partial charge < -0.3 is 14.7 Å². The SMILES string of the molecule is Cc1noc(C)c1-c1cc(O)cc([C@H](O)c2ccccc2)c1. The molecule has 2 aromatic carbocycles. The fourth-order valence-corrected chi connectivity index (χ4v) is 2.66. The molecular weight excluding hydrogens is 278 g/mol. The van der Waals surface area contributed by atoms with Crippen molar-refractivity contribution in [3.63, 3.8) is 0 Å². The average Bonchev–Trinajstić information content (AvgIpc) is 2.86. The summed E-state index contributed by atoms with van der Waals surface area (Å²) in [6.45, 7) is 3.68. The Labute approximate surface area is 128 Å². The van der Waals surface area contributed by atoms with Gasteiger partial charge in [-0.2, -0.15) is 0 Å². The summed E-state index contributed by atoms with van der Waals surface area (Å²) in [5.74, 6) is 0.783. The predicted octanol–water partition coefficient (Wildman–Crippen LogP) is 3.75. The maximum Gasteiger partial charge on any atom is 0.141 e. The lowest BCUT2D eigenvalue weighted by Gasteiger charge is -2.13. The topological polar surface area (TPSA) is 66.5 Å². The molecule has 0 unspecified atom stereocenters. The molecule has 0 bridgehead atoms. The van der Waals surface area contributed by atoms with Gasteiger partial charge in [0.15, 0.2) is 0 Å². The van der Waals surface area contributed by atoms with Crippen LogP contribution >= 0.6 is 0 Å². The summed E-state index contributed by atoms with van der Waals surface area (Å²) in [7, 11) is 0. The fraction of sp³-hybridized carbons (Fsp3) is 0.167. The molecule has 4 nitrogen and oxygen atoms in total. The normalized spacial score (nSPS) is 12.3. The van der Waals surface area contributed by atoms with Gasteiger partial charge in [-0.25, -0.2) is 0 Å². The van der Waals surface area contributed by atoms with E-state index in [1.807, 2.05) is 50.2 Å². The maximum atomic E-state index is 10.5. The Kier molecular flexibility index (Phi) is 3.69. The van der Waals surface area contributed by atoms with Crippen LogP contribution in [-0.4, -0.2) is 15.4 Å². The van der Waals surface area contributed by atoms with Crippen LogP contribution in [0.2, 0.25) is 0 Å². The smallest absolute Gasteiger partial charge is 0.141 e. The van der Waals surface area contributed by atoms with Crippen LogP contribution in [0.25, 0.3) is 11.1 Å². The zero-order chi connectivity index (χ0) is 15.7. The minimum Gasteiger partial charge on any atom is -0.508 e. The van der Waals surface area contributed by atoms with Gasteiger partial charge in [-0.3, -0.25) is 0 Å². The summed E-state index contributed by atoms with van der Waals surface area (Å²) in [6.07, 6.45) is -0.799. The number of aliphatic hydroxyl groups is 1. The molecule has 1 atom stereocenters. The number of phenolic OH excluding ortho intramolecular Hbond substituents is 1. The number of phenols is 1. The van der Waals surface area contributed by atoms with E-state index in [0.717, 1.165) is 22.4 Å². The van der Waals surface area contributed by atoms with Crippen LogP contribution < -0.4 is 0 Å². The number of aromatic hydroxyl groups is 1. The molecule has 3 aromatic rings. The number of aryl methyl sites for hydroxylation is 2. The van der Waals surface area contributed by atoms with E-state index in [2.05, 4.69) is 5.16 Å². The maximum absolute atomic E-state index is 10.5. The van der Waals surface area contributed by atoms with Crippen LogP contribution in [0.15, 0.2) is 53.1 Å². The first-order valence-electron chi connectivity index (χ1n) is 7.06. The first-order valence-corrected chi connectivity index (χ1v) is 7.06. The highest BCUT2D eigenvalue weighted by Crippen LogP contribution is 2.33. The number of benzene rings is 2. The number of hydrogen-bond donors (Lipinski definition) is 2. The Bertz CT molecular complexity index is 774. The Balaban J connectivity index is 2.08. The highest BCUT2D eigenvalue weighted by molar-refractivity contribution is 5.70. The zero-order valence-electron chi connectivity index (χ0n) is 12.4. The van der Waals surface area contributed by atoms with E-state index in [1.165, 1.54) is 0 Å². The van der Waals surface area contributed by atoms with Gasteiger partial charge in [-0.15, -0.1) is 0 Å². The molecule has 0 aliphatic heterocycles. The minimum absolute atomic E-state index is 0.0995. The van der Waals surface area contributed by atoms with Gasteiger partial charge in [0.1, 0.15) is 17.6 Å². The molecule has 0 amide bonds. The van der Waals surface area contributed by atoms with Crippen molar-refractivity contribution in [2.45, 2.75) is 20.0 Å². The van der Waals surface area contributed by atoms with Gasteiger partial charge in [-0.1, -0.05) is 35.5 Å². The van der Waals surface area contributed by atoms with Crippen LogP contribution in [0, 0.1) is 13.8 Å². The molecule has 0 saturated carbocycles. The van der Waals surface area contributed by atoms with Crippen molar-refractivity contribution in [3.8, 4) is 16.9 Å². The second-order valence-electron chi connectivity index (χ2n) is 5.33. The van der Waals surface area contributed by atoms with Crippen molar-refractivity contribution in [1.82, 2.24) is 5.16 Å². The van der Waals surface area contributed by atoms with Gasteiger partial charge in [0.05, 0.1) is 5.69 Å². The lowest BCUT2D eigenvalue weighted by molar-refractivity contribution is 0.220. The molecule has 0 aliphatic carbocycles. The summed E-state index contributed by atoms with van der Waals surface area (Å²) >= 11 is 0. The summed E-state index contributed by atoms with van der Waals surface area (Å²) in [6, 6.07) is 14.4. The lowest BCUT2D eigenvalue weighted by Crippen LogP contribution is -1.99. The molecular formula is C18H17NO3. The van der Waals surface area contributed by atoms with Crippen molar-refractivity contribution in [2.24, 2.45) is 0 Å². The third-order valence-corrected chi connectivity index (χ3v) is 3.69. The lowest BCUT2D eigenvalue weighted by atomic mass is 9.96. The summed E-state index contributed by atoms with van der Waals surface area (Å²) in [4.78, 5) is 0. The monoisotopic (exact) mass is 295 g/mol. The second kappa shape index (κ2) is 5.66. The molecule has 0 saturated heterocycles. The molecule has 2 N–H and O–H groups in total. The predicted molar refractivity (Wildman–Crippen MR) is 83.6 cm³/mol. The van der Waals surface area contributed by atoms with Crippen LogP contribution in [0.5, 0.6) is 5.75 Å². The zero-order valence-corrected chi connectivity index (χ0v) is 12.4. The van der Waals surface area contributed by atoms with Crippen LogP contribution in [0.1, 0.15) is 28.7 Å². The van der Waals surface area contributed by atoms with Crippen LogP contribution in [0.4, 0.5) is 0 Å². The first kappa shape index (κ1) is 14.4. The minimum atomic E-state index is -0.799. The average molecular weight is 295 g/mol. The van der Waals surface area contributed by atoms with E-state index in [4.69, 9.17) is 4.52 Å². The Morgan fingerprint density at radius 1 is 1.00 bits per heavy atom. The van der Waals surface area contributed by atoms with Crippen LogP contribution in [-0.2, 0) is 0 Å². The molecule has 4 heteroatoms. The third-order valence-electron chi connectivity index (χ3n) is 3.69. The highest BCUT2D eigenvalue weighted by atomic mass is 16.5. The van der Waals surface area contributed by atoms with Crippen molar-refractivity contribution in [3.05, 3.63) is 71.1 Å². The van der Waals surface area contributed by atoms with E-state index in [-0.39, 0.29) is 5.75 Å². The third kappa shape index (κ3) is 2.61. The van der Waals surface area contributed by atoms with Gasteiger partial charge >= 0.3 is 0 Å². The van der Waals surface area contributed by atoms with Crippen molar-refractivity contribution >= 4 is 0 Å². The quantitative estimate of drug-likeness (QED) is 0.772. The van der Waals surface area contributed by atoms with Crippen molar-refractivity contribution in [1.29, 1.82) is 0 Å². The summed E-state index contributed by atoms with van der Waals surface area (Å²) in [5.41, 5.74) is 3.78. The molecule has 3 rings (SSSR count). The molecule has 1 aromatic heterocycles. The molecule has 1 heterocycles. The van der Waals surface area contributed by atoms with Gasteiger partial charge in [0.2, 0.25) is 0 Å². The number of hydrogen-bond acceptors (Lipinski definition) is 4. The van der Waals surface area contributed by atoms with E-state index in [9.17, 15) is 10.2 Å². The standard InChI is InChI=1S/C18H17NO3/c1-11-17(12(2)22-19-11)14-8-15(10-16(20)9-14)18(21)13-6-4-3-5-7-13/h3-10,18,20-21H,1-2H3/t18-/m1/s1. The van der Waals surface area contributed by atoms with Gasteiger partial charge in [0, 0.05) is 5.56 Å². The first-order chi connectivity index (χ1) is 10.6. The molecule has 22 heavy (non-hydrogen) atoms. The van der Waals surface area contributed by atoms with Gasteiger partial charge in [0.25, 0.3) is 0 Å². The van der Waals surface area contributed by atoms with Crippen molar-refractivity contribution < 1.29 is 14.7 Å². The van der Waals surface area contributed by atoms with Gasteiger partial charge in [-0.05, 0) is 48.7 Å². The summed E-state index contributed by atoms with van der Waals surface area (Å²) < 4.78 is 5.18. The molecule has 0 radical (unpaired) electrons. The van der Waals surface area contributed by atoms with Crippen molar-refractivity contribution in [2.75, 3.05) is 0 Å². The molecule has 0 aliphatic rings. The number of nitrogens with zero attached hydrogens (tertiary/aromatic N) is 1. The summed E-state index contributed by atoms with van der Waals surface area (Å²) in [5, 5.41) is 24.5. The van der Waals surface area contributed by atoms with E-state index >= 15 is 0 Å². The van der Waals surface area contributed by atoms with Crippen LogP contribution in [0.3, 0.4) is 0 Å². The number of rotatable bonds is 3. The second-order valence-corrected chi connectivity index (χ2v) is 5.33. The van der Waals surface area contributed by atoms with E-state index in [0.29, 0.717) is 11.3 Å².